The SMILES string of the molecule is N#Cc1ccc(Cl)c(CC(=O)O)c1Cl. The minimum absolute atomic E-state index is 0.113. The molecule has 1 aromatic carbocycles. The van der Waals surface area contributed by atoms with Crippen LogP contribution in [0.1, 0.15) is 11.1 Å². The lowest BCUT2D eigenvalue weighted by Crippen LogP contribution is -2.02. The van der Waals surface area contributed by atoms with Gasteiger partial charge in [0.15, 0.2) is 0 Å². The van der Waals surface area contributed by atoms with Gasteiger partial charge in [0.25, 0.3) is 0 Å². The normalized spacial score (nSPS) is 9.50. The Kier molecular flexibility index (Phi) is 3.34. The van der Waals surface area contributed by atoms with Gasteiger partial charge in [0.2, 0.25) is 0 Å². The molecule has 0 saturated heterocycles. The highest BCUT2D eigenvalue weighted by Gasteiger charge is 2.13. The zero-order valence-electron chi connectivity index (χ0n) is 6.92. The predicted octanol–water partition coefficient (Wildman–Crippen LogP) is 2.49. The summed E-state index contributed by atoms with van der Waals surface area (Å²) in [5, 5.41) is 17.6. The molecule has 0 atom stereocenters. The molecule has 0 aliphatic heterocycles. The molecule has 0 aliphatic rings. The van der Waals surface area contributed by atoms with Crippen molar-refractivity contribution in [3.63, 3.8) is 0 Å². The first-order valence-corrected chi connectivity index (χ1v) is 4.40. The number of halogens is 2. The summed E-state index contributed by atoms with van der Waals surface area (Å²) in [4.78, 5) is 10.5. The zero-order chi connectivity index (χ0) is 10.7. The van der Waals surface area contributed by atoms with Gasteiger partial charge in [-0.25, -0.2) is 0 Å². The highest BCUT2D eigenvalue weighted by Crippen LogP contribution is 2.28. The molecule has 3 nitrogen and oxygen atoms in total. The quantitative estimate of drug-likeness (QED) is 0.848. The maximum absolute atomic E-state index is 10.5. The molecule has 14 heavy (non-hydrogen) atoms. The largest absolute Gasteiger partial charge is 0.481 e. The average molecular weight is 230 g/mol. The lowest BCUT2D eigenvalue weighted by atomic mass is 10.1. The Bertz CT molecular complexity index is 424. The molecule has 0 bridgehead atoms. The summed E-state index contributed by atoms with van der Waals surface area (Å²) in [6.07, 6.45) is -0.285. The molecule has 0 saturated carbocycles. The van der Waals surface area contributed by atoms with Gasteiger partial charge in [0.05, 0.1) is 17.0 Å². The van der Waals surface area contributed by atoms with Crippen molar-refractivity contribution in [2.75, 3.05) is 0 Å². The summed E-state index contributed by atoms with van der Waals surface area (Å²) in [7, 11) is 0. The van der Waals surface area contributed by atoms with E-state index in [1.807, 2.05) is 6.07 Å². The molecule has 0 aliphatic carbocycles. The lowest BCUT2D eigenvalue weighted by molar-refractivity contribution is -0.136. The Morgan fingerprint density at radius 3 is 2.64 bits per heavy atom. The van der Waals surface area contributed by atoms with Gasteiger partial charge in [-0.15, -0.1) is 0 Å². The van der Waals surface area contributed by atoms with Crippen LogP contribution in [0.3, 0.4) is 0 Å². The minimum Gasteiger partial charge on any atom is -0.481 e. The van der Waals surface area contributed by atoms with E-state index in [1.54, 1.807) is 0 Å². The number of hydrogen-bond acceptors (Lipinski definition) is 2. The van der Waals surface area contributed by atoms with Gasteiger partial charge in [-0.3, -0.25) is 4.79 Å². The number of carbonyl (C=O) groups is 1. The van der Waals surface area contributed by atoms with Crippen molar-refractivity contribution >= 4 is 29.2 Å². The van der Waals surface area contributed by atoms with Crippen molar-refractivity contribution in [3.8, 4) is 6.07 Å². The molecule has 0 spiro atoms. The van der Waals surface area contributed by atoms with Gasteiger partial charge in [-0.1, -0.05) is 23.2 Å². The highest BCUT2D eigenvalue weighted by molar-refractivity contribution is 6.37. The first kappa shape index (κ1) is 10.8. The third kappa shape index (κ3) is 2.16. The Balaban J connectivity index is 3.27. The van der Waals surface area contributed by atoms with Crippen molar-refractivity contribution in [2.45, 2.75) is 6.42 Å². The predicted molar refractivity (Wildman–Crippen MR) is 52.5 cm³/mol. The molecular weight excluding hydrogens is 225 g/mol. The van der Waals surface area contributed by atoms with Crippen LogP contribution in [0, 0.1) is 11.3 Å². The topological polar surface area (TPSA) is 61.1 Å². The Morgan fingerprint density at radius 1 is 1.50 bits per heavy atom. The zero-order valence-corrected chi connectivity index (χ0v) is 8.43. The summed E-state index contributed by atoms with van der Waals surface area (Å²) in [6.45, 7) is 0. The molecule has 5 heteroatoms. The number of carboxylic acid groups (broad SMARTS) is 1. The maximum Gasteiger partial charge on any atom is 0.307 e. The Hall–Kier alpha value is -1.24. The average Bonchev–Trinajstić information content (AvgIpc) is 2.12. The van der Waals surface area contributed by atoms with Crippen LogP contribution in [-0.4, -0.2) is 11.1 Å². The Morgan fingerprint density at radius 2 is 2.14 bits per heavy atom. The van der Waals surface area contributed by atoms with Crippen molar-refractivity contribution in [1.29, 1.82) is 5.26 Å². The van der Waals surface area contributed by atoms with E-state index < -0.39 is 5.97 Å². The highest BCUT2D eigenvalue weighted by atomic mass is 35.5. The van der Waals surface area contributed by atoms with E-state index in [0.29, 0.717) is 0 Å². The summed E-state index contributed by atoms with van der Waals surface area (Å²) >= 11 is 11.5. The van der Waals surface area contributed by atoms with Crippen LogP contribution in [0.2, 0.25) is 10.0 Å². The fourth-order valence-electron chi connectivity index (χ4n) is 0.997. The van der Waals surface area contributed by atoms with Crippen molar-refractivity contribution < 1.29 is 9.90 Å². The maximum atomic E-state index is 10.5. The van der Waals surface area contributed by atoms with Crippen LogP contribution in [0.5, 0.6) is 0 Å². The fourth-order valence-corrected chi connectivity index (χ4v) is 1.54. The van der Waals surface area contributed by atoms with E-state index in [2.05, 4.69) is 0 Å². The van der Waals surface area contributed by atoms with E-state index >= 15 is 0 Å². The van der Waals surface area contributed by atoms with Crippen molar-refractivity contribution in [2.24, 2.45) is 0 Å². The standard InChI is InChI=1S/C9H5Cl2NO2/c10-7-2-1-5(4-12)9(11)6(7)3-8(13)14/h1-2H,3H2,(H,13,14). The number of rotatable bonds is 2. The van der Waals surface area contributed by atoms with Crippen molar-refractivity contribution in [1.82, 2.24) is 0 Å². The summed E-state index contributed by atoms with van der Waals surface area (Å²) in [5.41, 5.74) is 0.507. The third-order valence-corrected chi connectivity index (χ3v) is 2.42. The van der Waals surface area contributed by atoms with Gasteiger partial charge in [-0.2, -0.15) is 5.26 Å². The molecule has 0 heterocycles. The van der Waals surface area contributed by atoms with Gasteiger partial charge in [0, 0.05) is 10.6 Å². The molecule has 72 valence electrons. The van der Waals surface area contributed by atoms with Gasteiger partial charge < -0.3 is 5.11 Å². The fraction of sp³-hybridized carbons (Fsp3) is 0.111. The van der Waals surface area contributed by atoms with Crippen LogP contribution in [0.4, 0.5) is 0 Å². The molecular formula is C9H5Cl2NO2. The van der Waals surface area contributed by atoms with Gasteiger partial charge >= 0.3 is 5.97 Å². The van der Waals surface area contributed by atoms with Gasteiger partial charge in [-0.05, 0) is 12.1 Å². The molecule has 0 amide bonds. The number of nitriles is 1. The summed E-state index contributed by atoms with van der Waals surface area (Å²) < 4.78 is 0. The third-order valence-electron chi connectivity index (χ3n) is 1.63. The van der Waals surface area contributed by atoms with Crippen LogP contribution in [0.15, 0.2) is 12.1 Å². The van der Waals surface area contributed by atoms with Crippen LogP contribution < -0.4 is 0 Å². The summed E-state index contributed by atoms with van der Waals surface area (Å²) in [5.74, 6) is -1.04. The molecule has 0 radical (unpaired) electrons. The molecule has 1 aromatic rings. The van der Waals surface area contributed by atoms with Crippen LogP contribution >= 0.6 is 23.2 Å². The Labute approximate surface area is 90.5 Å². The number of aliphatic carboxylic acids is 1. The van der Waals surface area contributed by atoms with Crippen LogP contribution in [0.25, 0.3) is 0 Å². The van der Waals surface area contributed by atoms with Crippen LogP contribution in [-0.2, 0) is 11.2 Å². The van der Waals surface area contributed by atoms with E-state index in [1.165, 1.54) is 12.1 Å². The second-order valence-corrected chi connectivity index (χ2v) is 3.35. The number of nitrogens with zero attached hydrogens (tertiary/aromatic N) is 1. The number of benzene rings is 1. The molecule has 0 unspecified atom stereocenters. The monoisotopic (exact) mass is 229 g/mol. The summed E-state index contributed by atoms with van der Waals surface area (Å²) in [6, 6.07) is 4.77. The first-order chi connectivity index (χ1) is 6.56. The van der Waals surface area contributed by atoms with Gasteiger partial charge in [0.1, 0.15) is 6.07 Å². The molecule has 0 fully saturated rings. The number of hydrogen-bond donors (Lipinski definition) is 1. The van der Waals surface area contributed by atoms with Crippen molar-refractivity contribution in [3.05, 3.63) is 33.3 Å². The van der Waals surface area contributed by atoms with E-state index in [4.69, 9.17) is 33.6 Å². The first-order valence-electron chi connectivity index (χ1n) is 3.65. The smallest absolute Gasteiger partial charge is 0.307 e. The molecule has 1 N–H and O–H groups in total. The molecule has 1 rings (SSSR count). The minimum atomic E-state index is -1.04. The second-order valence-electron chi connectivity index (χ2n) is 2.57. The lowest BCUT2D eigenvalue weighted by Gasteiger charge is -2.04. The van der Waals surface area contributed by atoms with E-state index in [0.717, 1.165) is 0 Å². The number of carboxylic acids is 1. The van der Waals surface area contributed by atoms with E-state index in [9.17, 15) is 4.79 Å². The second kappa shape index (κ2) is 4.32. The molecule has 0 aromatic heterocycles. The van der Waals surface area contributed by atoms with E-state index in [-0.39, 0.29) is 27.6 Å².